The second-order valence-electron chi connectivity index (χ2n) is 6.77. The van der Waals surface area contributed by atoms with Gasteiger partial charge in [0, 0.05) is 18.8 Å². The zero-order valence-corrected chi connectivity index (χ0v) is 15.2. The molecule has 0 fully saturated rings. The first kappa shape index (κ1) is 17.7. The van der Waals surface area contributed by atoms with Gasteiger partial charge in [-0.15, -0.1) is 0 Å². The summed E-state index contributed by atoms with van der Waals surface area (Å²) in [6, 6.07) is 18.8. The van der Waals surface area contributed by atoms with Crippen LogP contribution in [0, 0.1) is 0 Å². The Labute approximate surface area is 151 Å². The molecular weight excluding hydrogens is 308 g/mol. The van der Waals surface area contributed by atoms with Crippen LogP contribution in [0.1, 0.15) is 37.3 Å². The van der Waals surface area contributed by atoms with Crippen LogP contribution in [0.4, 0.5) is 5.69 Å². The van der Waals surface area contributed by atoms with Crippen molar-refractivity contribution in [3.63, 3.8) is 0 Å². The zero-order chi connectivity index (χ0) is 17.5. The molecule has 0 aromatic heterocycles. The first-order chi connectivity index (χ1) is 12.3. The van der Waals surface area contributed by atoms with Crippen molar-refractivity contribution in [3.05, 3.63) is 65.7 Å². The highest BCUT2D eigenvalue weighted by atomic mass is 16.2. The Hall–Kier alpha value is -2.13. The van der Waals surface area contributed by atoms with E-state index in [1.165, 1.54) is 17.5 Å². The summed E-state index contributed by atoms with van der Waals surface area (Å²) in [6.07, 6.45) is 3.99. The number of unbranched alkanes of at least 4 members (excludes halogenated alkanes) is 2. The molecule has 132 valence electrons. The maximum absolute atomic E-state index is 12.2. The molecule has 2 aromatic carbocycles. The van der Waals surface area contributed by atoms with Gasteiger partial charge >= 0.3 is 0 Å². The minimum Gasteiger partial charge on any atom is -0.312 e. The van der Waals surface area contributed by atoms with Gasteiger partial charge in [0.1, 0.15) is 0 Å². The van der Waals surface area contributed by atoms with Gasteiger partial charge in [-0.3, -0.25) is 9.69 Å². The maximum Gasteiger partial charge on any atom is 0.231 e. The quantitative estimate of drug-likeness (QED) is 0.639. The average Bonchev–Trinajstić information content (AvgIpc) is 2.96. The van der Waals surface area contributed by atoms with Crippen LogP contribution in [0.25, 0.3) is 0 Å². The van der Waals surface area contributed by atoms with Crippen molar-refractivity contribution in [2.24, 2.45) is 0 Å². The molecule has 3 rings (SSSR count). The summed E-state index contributed by atoms with van der Waals surface area (Å²) >= 11 is 0. The van der Waals surface area contributed by atoms with Crippen molar-refractivity contribution in [2.75, 3.05) is 24.5 Å². The van der Waals surface area contributed by atoms with Crippen molar-refractivity contribution < 1.29 is 4.79 Å². The third-order valence-electron chi connectivity index (χ3n) is 4.98. The molecule has 3 nitrogen and oxygen atoms in total. The number of hydrogen-bond acceptors (Lipinski definition) is 2. The van der Waals surface area contributed by atoms with Crippen LogP contribution in [0.5, 0.6) is 0 Å². The molecule has 0 saturated heterocycles. The fraction of sp³-hybridized carbons (Fsp3) is 0.409. The molecule has 0 unspecified atom stereocenters. The van der Waals surface area contributed by atoms with Gasteiger partial charge in [-0.05, 0) is 43.1 Å². The first-order valence-electron chi connectivity index (χ1n) is 9.42. The molecule has 0 saturated carbocycles. The Balaban J connectivity index is 1.39. The number of fused-ring (bicyclic) bond motifs is 1. The van der Waals surface area contributed by atoms with Crippen molar-refractivity contribution >= 4 is 11.6 Å². The standard InChI is InChI=1S/C22H28N2O/c1-2-23(18-19-11-5-3-6-12-19)15-9-4-10-16-24-21-14-8-7-13-20(21)17-22(24)25/h3,5-8,11-14H,2,4,9-10,15-18H2,1H3. The zero-order valence-electron chi connectivity index (χ0n) is 15.2. The molecule has 25 heavy (non-hydrogen) atoms. The molecular formula is C22H28N2O. The number of nitrogens with zero attached hydrogens (tertiary/aromatic N) is 2. The Morgan fingerprint density at radius 1 is 0.960 bits per heavy atom. The largest absolute Gasteiger partial charge is 0.312 e. The van der Waals surface area contributed by atoms with E-state index in [-0.39, 0.29) is 5.91 Å². The van der Waals surface area contributed by atoms with E-state index in [4.69, 9.17) is 0 Å². The number of rotatable bonds is 9. The Morgan fingerprint density at radius 2 is 1.72 bits per heavy atom. The lowest BCUT2D eigenvalue weighted by Gasteiger charge is -2.21. The van der Waals surface area contributed by atoms with Crippen LogP contribution in [-0.2, 0) is 17.8 Å². The molecule has 0 radical (unpaired) electrons. The predicted octanol–water partition coefficient (Wildman–Crippen LogP) is 4.27. The minimum atomic E-state index is 0.250. The van der Waals surface area contributed by atoms with Crippen LogP contribution in [-0.4, -0.2) is 30.4 Å². The summed E-state index contributed by atoms with van der Waals surface area (Å²) in [5.74, 6) is 0.250. The maximum atomic E-state index is 12.2. The van der Waals surface area contributed by atoms with Gasteiger partial charge in [0.2, 0.25) is 5.91 Å². The van der Waals surface area contributed by atoms with E-state index in [1.807, 2.05) is 17.0 Å². The van der Waals surface area contributed by atoms with Crippen molar-refractivity contribution in [1.29, 1.82) is 0 Å². The smallest absolute Gasteiger partial charge is 0.231 e. The fourth-order valence-electron chi connectivity index (χ4n) is 3.53. The summed E-state index contributed by atoms with van der Waals surface area (Å²) in [7, 11) is 0. The minimum absolute atomic E-state index is 0.250. The van der Waals surface area contributed by atoms with Gasteiger partial charge in [-0.2, -0.15) is 0 Å². The van der Waals surface area contributed by atoms with E-state index in [0.717, 1.165) is 44.7 Å². The van der Waals surface area contributed by atoms with Gasteiger partial charge in [0.25, 0.3) is 0 Å². The van der Waals surface area contributed by atoms with Crippen LogP contribution in [0.3, 0.4) is 0 Å². The van der Waals surface area contributed by atoms with E-state index in [2.05, 4.69) is 54.3 Å². The number of hydrogen-bond donors (Lipinski definition) is 0. The molecule has 1 heterocycles. The van der Waals surface area contributed by atoms with Gasteiger partial charge in [0.05, 0.1) is 6.42 Å². The molecule has 0 spiro atoms. The number of carbonyl (C=O) groups is 1. The molecule has 2 aromatic rings. The molecule has 1 amide bonds. The Bertz CT molecular complexity index is 683. The van der Waals surface area contributed by atoms with Crippen LogP contribution in [0.15, 0.2) is 54.6 Å². The normalized spacial score (nSPS) is 13.5. The molecule has 0 atom stereocenters. The van der Waals surface area contributed by atoms with E-state index >= 15 is 0 Å². The monoisotopic (exact) mass is 336 g/mol. The highest BCUT2D eigenvalue weighted by Crippen LogP contribution is 2.28. The third kappa shape index (κ3) is 4.70. The third-order valence-corrected chi connectivity index (χ3v) is 4.98. The number of amides is 1. The average molecular weight is 336 g/mol. The lowest BCUT2D eigenvalue weighted by Crippen LogP contribution is -2.28. The van der Waals surface area contributed by atoms with E-state index < -0.39 is 0 Å². The number of para-hydroxylation sites is 1. The predicted molar refractivity (Wildman–Crippen MR) is 104 cm³/mol. The first-order valence-corrected chi connectivity index (χ1v) is 9.42. The van der Waals surface area contributed by atoms with Crippen molar-refractivity contribution in [1.82, 2.24) is 4.90 Å². The molecule has 1 aliphatic heterocycles. The molecule has 0 aliphatic carbocycles. The molecule has 0 bridgehead atoms. The summed E-state index contributed by atoms with van der Waals surface area (Å²) in [5, 5.41) is 0. The fourth-order valence-corrected chi connectivity index (χ4v) is 3.53. The van der Waals surface area contributed by atoms with Crippen molar-refractivity contribution in [2.45, 2.75) is 39.2 Å². The van der Waals surface area contributed by atoms with Crippen LogP contribution in [0.2, 0.25) is 0 Å². The summed E-state index contributed by atoms with van der Waals surface area (Å²) in [5.41, 5.74) is 3.67. The summed E-state index contributed by atoms with van der Waals surface area (Å²) in [4.78, 5) is 16.6. The van der Waals surface area contributed by atoms with E-state index in [0.29, 0.717) is 6.42 Å². The Morgan fingerprint density at radius 3 is 2.52 bits per heavy atom. The summed E-state index contributed by atoms with van der Waals surface area (Å²) in [6.45, 7) is 6.29. The second kappa shape index (κ2) is 8.82. The highest BCUT2D eigenvalue weighted by molar-refractivity contribution is 6.01. The van der Waals surface area contributed by atoms with Gasteiger partial charge in [-0.1, -0.05) is 61.9 Å². The summed E-state index contributed by atoms with van der Waals surface area (Å²) < 4.78 is 0. The van der Waals surface area contributed by atoms with E-state index in [9.17, 15) is 4.79 Å². The molecule has 1 aliphatic rings. The lowest BCUT2D eigenvalue weighted by atomic mass is 10.1. The van der Waals surface area contributed by atoms with Gasteiger partial charge in [-0.25, -0.2) is 0 Å². The number of carbonyl (C=O) groups excluding carboxylic acids is 1. The number of anilines is 1. The van der Waals surface area contributed by atoms with Gasteiger partial charge in [0.15, 0.2) is 0 Å². The van der Waals surface area contributed by atoms with Crippen LogP contribution >= 0.6 is 0 Å². The number of benzene rings is 2. The Kier molecular flexibility index (Phi) is 6.24. The van der Waals surface area contributed by atoms with E-state index in [1.54, 1.807) is 0 Å². The SMILES string of the molecule is CCN(CCCCCN1C(=O)Cc2ccccc21)Cc1ccccc1. The lowest BCUT2D eigenvalue weighted by molar-refractivity contribution is -0.117. The second-order valence-corrected chi connectivity index (χ2v) is 6.77. The van der Waals surface area contributed by atoms with Gasteiger partial charge < -0.3 is 4.90 Å². The van der Waals surface area contributed by atoms with Crippen LogP contribution < -0.4 is 4.90 Å². The highest BCUT2D eigenvalue weighted by Gasteiger charge is 2.25. The molecule has 3 heteroatoms. The van der Waals surface area contributed by atoms with Crippen molar-refractivity contribution in [3.8, 4) is 0 Å². The molecule has 0 N–H and O–H groups in total. The topological polar surface area (TPSA) is 23.6 Å².